The Hall–Kier alpha value is -2.38. The standard InChI is InChI=1S/C19H16.C3H9N/c1-4-10-16(11-5-1)19(17-12-6-2-7-13-17)18-14-8-3-9-15-18;1-4(2)3/h1-15,19H;1-3H3. The molecule has 0 saturated carbocycles. The van der Waals surface area contributed by atoms with Crippen LogP contribution < -0.4 is 0 Å². The Kier molecular flexibility index (Phi) is 6.58. The van der Waals surface area contributed by atoms with Crippen molar-refractivity contribution in [2.45, 2.75) is 5.92 Å². The van der Waals surface area contributed by atoms with E-state index < -0.39 is 0 Å². The van der Waals surface area contributed by atoms with Gasteiger partial charge in [-0.05, 0) is 37.8 Å². The van der Waals surface area contributed by atoms with Gasteiger partial charge in [0.15, 0.2) is 0 Å². The maximum atomic E-state index is 2.20. The van der Waals surface area contributed by atoms with Gasteiger partial charge in [-0.2, -0.15) is 0 Å². The van der Waals surface area contributed by atoms with Crippen molar-refractivity contribution in [2.24, 2.45) is 0 Å². The molecule has 0 unspecified atom stereocenters. The van der Waals surface area contributed by atoms with Crippen LogP contribution in [-0.4, -0.2) is 26.0 Å². The molecule has 0 aromatic heterocycles. The van der Waals surface area contributed by atoms with Gasteiger partial charge in [0.25, 0.3) is 0 Å². The summed E-state index contributed by atoms with van der Waals surface area (Å²) in [5, 5.41) is 0. The third kappa shape index (κ3) is 5.39. The highest BCUT2D eigenvalue weighted by atomic mass is 15.0. The van der Waals surface area contributed by atoms with Crippen molar-refractivity contribution in [3.63, 3.8) is 0 Å². The first-order valence-corrected chi connectivity index (χ1v) is 7.94. The quantitative estimate of drug-likeness (QED) is 0.612. The van der Waals surface area contributed by atoms with E-state index >= 15 is 0 Å². The van der Waals surface area contributed by atoms with E-state index in [4.69, 9.17) is 0 Å². The third-order valence-electron chi connectivity index (χ3n) is 3.40. The molecule has 3 aromatic carbocycles. The Morgan fingerprint density at radius 3 is 0.913 bits per heavy atom. The van der Waals surface area contributed by atoms with Crippen LogP contribution in [0.3, 0.4) is 0 Å². The van der Waals surface area contributed by atoms with Crippen LogP contribution in [0, 0.1) is 0 Å². The van der Waals surface area contributed by atoms with E-state index in [0.29, 0.717) is 5.92 Å². The first-order valence-electron chi connectivity index (χ1n) is 7.94. The van der Waals surface area contributed by atoms with Gasteiger partial charge in [0.2, 0.25) is 0 Å². The second-order valence-electron chi connectivity index (χ2n) is 6.01. The molecular weight excluding hydrogens is 278 g/mol. The predicted molar refractivity (Wildman–Crippen MR) is 99.9 cm³/mol. The van der Waals surface area contributed by atoms with Crippen LogP contribution in [0.2, 0.25) is 0 Å². The summed E-state index contributed by atoms with van der Waals surface area (Å²) < 4.78 is 0. The molecule has 0 N–H and O–H groups in total. The molecule has 0 heterocycles. The molecule has 1 nitrogen and oxygen atoms in total. The van der Waals surface area contributed by atoms with Gasteiger partial charge in [-0.1, -0.05) is 91.0 Å². The SMILES string of the molecule is CN(C)C.c1ccc(C(c2ccccc2)c2ccccc2)cc1. The smallest absolute Gasteiger partial charge is 0.0339 e. The number of hydrogen-bond donors (Lipinski definition) is 0. The van der Waals surface area contributed by atoms with E-state index in [2.05, 4.69) is 91.0 Å². The first-order chi connectivity index (χ1) is 11.2. The Bertz CT molecular complexity index is 563. The van der Waals surface area contributed by atoms with Gasteiger partial charge in [-0.15, -0.1) is 0 Å². The summed E-state index contributed by atoms with van der Waals surface area (Å²) in [6.45, 7) is 0. The van der Waals surface area contributed by atoms with E-state index in [1.165, 1.54) is 16.7 Å². The lowest BCUT2D eigenvalue weighted by atomic mass is 9.85. The molecule has 1 heteroatoms. The van der Waals surface area contributed by atoms with Crippen molar-refractivity contribution in [3.8, 4) is 0 Å². The highest BCUT2D eigenvalue weighted by Crippen LogP contribution is 2.31. The fourth-order valence-corrected chi connectivity index (χ4v) is 2.51. The van der Waals surface area contributed by atoms with Crippen molar-refractivity contribution in [1.29, 1.82) is 0 Å². The van der Waals surface area contributed by atoms with Crippen molar-refractivity contribution in [3.05, 3.63) is 108 Å². The maximum Gasteiger partial charge on any atom is 0.0339 e. The summed E-state index contributed by atoms with van der Waals surface area (Å²) in [5.41, 5.74) is 4.00. The van der Waals surface area contributed by atoms with E-state index in [1.807, 2.05) is 26.0 Å². The zero-order chi connectivity index (χ0) is 16.5. The first kappa shape index (κ1) is 17.0. The molecule has 3 aromatic rings. The number of benzene rings is 3. The summed E-state index contributed by atoms with van der Waals surface area (Å²) >= 11 is 0. The van der Waals surface area contributed by atoms with Crippen LogP contribution in [0.1, 0.15) is 22.6 Å². The van der Waals surface area contributed by atoms with Crippen LogP contribution in [-0.2, 0) is 0 Å². The lowest BCUT2D eigenvalue weighted by Gasteiger charge is -2.18. The molecule has 0 saturated heterocycles. The molecule has 0 fully saturated rings. The summed E-state index contributed by atoms with van der Waals surface area (Å²) in [6, 6.07) is 32.0. The Balaban J connectivity index is 0.000000433. The molecule has 23 heavy (non-hydrogen) atoms. The molecule has 0 spiro atoms. The van der Waals surface area contributed by atoms with E-state index in [1.54, 1.807) is 0 Å². The molecule has 0 amide bonds. The molecule has 0 atom stereocenters. The lowest BCUT2D eigenvalue weighted by Crippen LogP contribution is -2.02. The fourth-order valence-electron chi connectivity index (χ4n) is 2.51. The number of nitrogens with zero attached hydrogens (tertiary/aromatic N) is 1. The summed E-state index contributed by atoms with van der Waals surface area (Å²) in [7, 11) is 6.00. The molecule has 0 aliphatic carbocycles. The average molecular weight is 303 g/mol. The zero-order valence-corrected chi connectivity index (χ0v) is 14.2. The lowest BCUT2D eigenvalue weighted by molar-refractivity contribution is 0.505. The second kappa shape index (κ2) is 8.92. The van der Waals surface area contributed by atoms with Crippen LogP contribution in [0.4, 0.5) is 0 Å². The van der Waals surface area contributed by atoms with Gasteiger partial charge in [-0.25, -0.2) is 0 Å². The van der Waals surface area contributed by atoms with Crippen molar-refractivity contribution >= 4 is 0 Å². The molecular formula is C22H25N. The molecule has 3 rings (SSSR count). The van der Waals surface area contributed by atoms with Crippen molar-refractivity contribution < 1.29 is 0 Å². The second-order valence-corrected chi connectivity index (χ2v) is 6.01. The summed E-state index contributed by atoms with van der Waals surface area (Å²) in [5.74, 6) is 0.309. The van der Waals surface area contributed by atoms with Crippen molar-refractivity contribution in [2.75, 3.05) is 21.1 Å². The van der Waals surface area contributed by atoms with Crippen LogP contribution in [0.5, 0.6) is 0 Å². The highest BCUT2D eigenvalue weighted by molar-refractivity contribution is 5.42. The van der Waals surface area contributed by atoms with Gasteiger partial charge < -0.3 is 4.90 Å². The zero-order valence-electron chi connectivity index (χ0n) is 14.2. The van der Waals surface area contributed by atoms with Gasteiger partial charge >= 0.3 is 0 Å². The largest absolute Gasteiger partial charge is 0.312 e. The fraction of sp³-hybridized carbons (Fsp3) is 0.182. The topological polar surface area (TPSA) is 3.24 Å². The van der Waals surface area contributed by atoms with Crippen LogP contribution in [0.25, 0.3) is 0 Å². The molecule has 0 aliphatic rings. The van der Waals surface area contributed by atoms with E-state index in [9.17, 15) is 0 Å². The van der Waals surface area contributed by atoms with Crippen LogP contribution in [0.15, 0.2) is 91.0 Å². The number of rotatable bonds is 3. The van der Waals surface area contributed by atoms with Gasteiger partial charge in [0.1, 0.15) is 0 Å². The Morgan fingerprint density at radius 2 is 0.696 bits per heavy atom. The van der Waals surface area contributed by atoms with Gasteiger partial charge in [0, 0.05) is 5.92 Å². The summed E-state index contributed by atoms with van der Waals surface area (Å²) in [6.07, 6.45) is 0. The van der Waals surface area contributed by atoms with E-state index in [0.717, 1.165) is 0 Å². The minimum atomic E-state index is 0.309. The number of hydrogen-bond acceptors (Lipinski definition) is 1. The van der Waals surface area contributed by atoms with Crippen molar-refractivity contribution in [1.82, 2.24) is 4.90 Å². The minimum absolute atomic E-state index is 0.309. The Morgan fingerprint density at radius 1 is 0.478 bits per heavy atom. The van der Waals surface area contributed by atoms with Gasteiger partial charge in [0.05, 0.1) is 0 Å². The summed E-state index contributed by atoms with van der Waals surface area (Å²) in [4.78, 5) is 2.00. The molecule has 118 valence electrons. The minimum Gasteiger partial charge on any atom is -0.312 e. The monoisotopic (exact) mass is 303 g/mol. The Labute approximate surface area is 140 Å². The highest BCUT2D eigenvalue weighted by Gasteiger charge is 2.15. The molecule has 0 aliphatic heterocycles. The predicted octanol–water partition coefficient (Wildman–Crippen LogP) is 5.04. The van der Waals surface area contributed by atoms with E-state index in [-0.39, 0.29) is 0 Å². The third-order valence-corrected chi connectivity index (χ3v) is 3.40. The molecule has 0 bridgehead atoms. The molecule has 0 radical (unpaired) electrons. The normalized spacial score (nSPS) is 10.3. The average Bonchev–Trinajstić information content (AvgIpc) is 2.58. The van der Waals surface area contributed by atoms with Gasteiger partial charge in [-0.3, -0.25) is 0 Å². The van der Waals surface area contributed by atoms with Crippen LogP contribution >= 0.6 is 0 Å². The maximum absolute atomic E-state index is 2.20.